The van der Waals surface area contributed by atoms with Gasteiger partial charge in [-0.05, 0) is 48.4 Å². The molecule has 0 fully saturated rings. The molecule has 0 radical (unpaired) electrons. The highest BCUT2D eigenvalue weighted by molar-refractivity contribution is 6.35. The van der Waals surface area contributed by atoms with Gasteiger partial charge in [-0.1, -0.05) is 30.1 Å². The number of nitrogens with zero attached hydrogens (tertiary/aromatic N) is 1. The third-order valence-electron chi connectivity index (χ3n) is 3.20. The third kappa shape index (κ3) is 5.37. The highest BCUT2D eigenvalue weighted by Crippen LogP contribution is 2.27. The number of halogens is 2. The fourth-order valence-corrected chi connectivity index (χ4v) is 2.37. The maximum Gasteiger partial charge on any atom is 0.272 e. The Balaban J connectivity index is 2.08. The first-order valence-electron chi connectivity index (χ1n) is 7.64. The summed E-state index contributed by atoms with van der Waals surface area (Å²) in [4.78, 5) is 12.1. The smallest absolute Gasteiger partial charge is 0.272 e. The van der Waals surface area contributed by atoms with Gasteiger partial charge in [0.15, 0.2) is 11.5 Å². The second-order valence-corrected chi connectivity index (χ2v) is 5.93. The van der Waals surface area contributed by atoms with Crippen LogP contribution in [-0.4, -0.2) is 25.8 Å². The lowest BCUT2D eigenvalue weighted by atomic mass is 10.2. The summed E-state index contributed by atoms with van der Waals surface area (Å²) in [5, 5.41) is 4.67. The lowest BCUT2D eigenvalue weighted by molar-refractivity contribution is 0.0955. The topological polar surface area (TPSA) is 59.9 Å². The molecule has 0 aromatic heterocycles. The number of hydrogen-bond acceptors (Lipinski definition) is 4. The Kier molecular flexibility index (Phi) is 7.10. The van der Waals surface area contributed by atoms with E-state index in [-0.39, 0.29) is 5.56 Å². The van der Waals surface area contributed by atoms with Crippen LogP contribution < -0.4 is 14.9 Å². The minimum absolute atomic E-state index is 0.257. The van der Waals surface area contributed by atoms with Crippen LogP contribution in [0.5, 0.6) is 11.5 Å². The van der Waals surface area contributed by atoms with Gasteiger partial charge in [0.25, 0.3) is 5.91 Å². The van der Waals surface area contributed by atoms with Crippen molar-refractivity contribution >= 4 is 35.3 Å². The van der Waals surface area contributed by atoms with Gasteiger partial charge < -0.3 is 9.47 Å². The van der Waals surface area contributed by atoms with Crippen LogP contribution in [0.15, 0.2) is 41.5 Å². The molecule has 7 heteroatoms. The van der Waals surface area contributed by atoms with Gasteiger partial charge in [0.1, 0.15) is 0 Å². The Morgan fingerprint density at radius 2 is 2.00 bits per heavy atom. The minimum Gasteiger partial charge on any atom is -0.493 e. The number of methoxy groups -OCH3 is 1. The standard InChI is InChI=1S/C18H18Cl2N2O3/c1-3-8-25-17-9-12(4-7-16(17)24-2)11-21-22-18(23)14-10-13(19)5-6-15(14)20/h4-7,9-11H,3,8H2,1-2H3,(H,22,23)/b21-11-. The van der Waals surface area contributed by atoms with Crippen LogP contribution in [0.25, 0.3) is 0 Å². The van der Waals surface area contributed by atoms with Gasteiger partial charge >= 0.3 is 0 Å². The van der Waals surface area contributed by atoms with Crippen molar-refractivity contribution in [3.05, 3.63) is 57.6 Å². The first-order valence-corrected chi connectivity index (χ1v) is 8.40. The molecule has 2 aromatic rings. The summed E-state index contributed by atoms with van der Waals surface area (Å²) in [7, 11) is 1.58. The normalized spacial score (nSPS) is 10.7. The van der Waals surface area contributed by atoms with Crippen LogP contribution in [0.2, 0.25) is 10.0 Å². The molecule has 0 saturated heterocycles. The van der Waals surface area contributed by atoms with E-state index >= 15 is 0 Å². The number of ether oxygens (including phenoxy) is 2. The fraction of sp³-hybridized carbons (Fsp3) is 0.222. The maximum absolute atomic E-state index is 12.1. The average molecular weight is 381 g/mol. The number of hydrogen-bond donors (Lipinski definition) is 1. The number of carbonyl (C=O) groups is 1. The summed E-state index contributed by atoms with van der Waals surface area (Å²) < 4.78 is 10.9. The van der Waals surface area contributed by atoms with Crippen LogP contribution in [0, 0.1) is 0 Å². The summed E-state index contributed by atoms with van der Waals surface area (Å²) in [6.45, 7) is 2.61. The van der Waals surface area contributed by atoms with Crippen molar-refractivity contribution in [2.75, 3.05) is 13.7 Å². The fourth-order valence-electron chi connectivity index (χ4n) is 2.00. The van der Waals surface area contributed by atoms with Gasteiger partial charge in [-0.25, -0.2) is 5.43 Å². The van der Waals surface area contributed by atoms with Crippen LogP contribution >= 0.6 is 23.2 Å². The van der Waals surface area contributed by atoms with Crippen LogP contribution in [-0.2, 0) is 0 Å². The summed E-state index contributed by atoms with van der Waals surface area (Å²) >= 11 is 11.9. The molecule has 2 rings (SSSR count). The summed E-state index contributed by atoms with van der Waals surface area (Å²) in [5.41, 5.74) is 3.43. The predicted molar refractivity (Wildman–Crippen MR) is 100 cm³/mol. The monoisotopic (exact) mass is 380 g/mol. The third-order valence-corrected chi connectivity index (χ3v) is 3.77. The molecule has 0 aliphatic carbocycles. The van der Waals surface area contributed by atoms with E-state index in [0.29, 0.717) is 28.2 Å². The van der Waals surface area contributed by atoms with Gasteiger partial charge in [0, 0.05) is 5.02 Å². The van der Waals surface area contributed by atoms with Gasteiger partial charge in [0.2, 0.25) is 0 Å². The van der Waals surface area contributed by atoms with E-state index in [0.717, 1.165) is 12.0 Å². The van der Waals surface area contributed by atoms with Gasteiger partial charge in [0.05, 0.1) is 30.5 Å². The van der Waals surface area contributed by atoms with Crippen molar-refractivity contribution in [1.29, 1.82) is 0 Å². The van der Waals surface area contributed by atoms with Crippen molar-refractivity contribution < 1.29 is 14.3 Å². The zero-order valence-corrected chi connectivity index (χ0v) is 15.4. The molecule has 2 aromatic carbocycles. The molecule has 0 spiro atoms. The molecule has 0 heterocycles. The highest BCUT2D eigenvalue weighted by atomic mass is 35.5. The maximum atomic E-state index is 12.1. The first kappa shape index (κ1) is 19.1. The van der Waals surface area contributed by atoms with Crippen LogP contribution in [0.3, 0.4) is 0 Å². The molecule has 0 bridgehead atoms. The quantitative estimate of drug-likeness (QED) is 0.565. The Hall–Kier alpha value is -2.24. The molecule has 0 aliphatic rings. The Labute approximate surface area is 156 Å². The molecule has 5 nitrogen and oxygen atoms in total. The van der Waals surface area contributed by atoms with Crippen molar-refractivity contribution in [2.24, 2.45) is 5.10 Å². The van der Waals surface area contributed by atoms with Crippen molar-refractivity contribution in [3.8, 4) is 11.5 Å². The lowest BCUT2D eigenvalue weighted by Crippen LogP contribution is -2.18. The number of nitrogens with one attached hydrogen (secondary N) is 1. The van der Waals surface area contributed by atoms with E-state index < -0.39 is 5.91 Å². The lowest BCUT2D eigenvalue weighted by Gasteiger charge is -2.10. The largest absolute Gasteiger partial charge is 0.493 e. The minimum atomic E-state index is -0.445. The van der Waals surface area contributed by atoms with E-state index in [2.05, 4.69) is 10.5 Å². The SMILES string of the molecule is CCCOc1cc(/C=N\NC(=O)c2cc(Cl)ccc2Cl)ccc1OC. The van der Waals surface area contributed by atoms with Crippen LogP contribution in [0.4, 0.5) is 0 Å². The zero-order valence-electron chi connectivity index (χ0n) is 13.9. The molecule has 25 heavy (non-hydrogen) atoms. The summed E-state index contributed by atoms with van der Waals surface area (Å²) in [5.74, 6) is 0.817. The Morgan fingerprint density at radius 1 is 1.20 bits per heavy atom. The van der Waals surface area contributed by atoms with E-state index in [4.69, 9.17) is 32.7 Å². The number of carbonyl (C=O) groups excluding carboxylic acids is 1. The zero-order chi connectivity index (χ0) is 18.2. The molecule has 0 unspecified atom stereocenters. The number of hydrazone groups is 1. The van der Waals surface area contributed by atoms with Crippen LogP contribution in [0.1, 0.15) is 29.3 Å². The molecule has 0 aliphatic heterocycles. The van der Waals surface area contributed by atoms with E-state index in [1.807, 2.05) is 6.92 Å². The molecule has 132 valence electrons. The predicted octanol–water partition coefficient (Wildman–Crippen LogP) is 4.55. The average Bonchev–Trinajstić information content (AvgIpc) is 2.62. The molecule has 1 N–H and O–H groups in total. The molecular weight excluding hydrogens is 363 g/mol. The van der Waals surface area contributed by atoms with Crippen molar-refractivity contribution in [1.82, 2.24) is 5.43 Å². The second-order valence-electron chi connectivity index (χ2n) is 5.08. The van der Waals surface area contributed by atoms with Crippen molar-refractivity contribution in [2.45, 2.75) is 13.3 Å². The second kappa shape index (κ2) is 9.30. The number of rotatable bonds is 7. The van der Waals surface area contributed by atoms with Gasteiger partial charge in [-0.3, -0.25) is 4.79 Å². The van der Waals surface area contributed by atoms with Gasteiger partial charge in [-0.2, -0.15) is 5.10 Å². The molecule has 0 atom stereocenters. The number of benzene rings is 2. The van der Waals surface area contributed by atoms with E-state index in [9.17, 15) is 4.79 Å². The molecule has 0 saturated carbocycles. The molecule has 1 amide bonds. The molecular formula is C18H18Cl2N2O3. The Bertz CT molecular complexity index is 779. The highest BCUT2D eigenvalue weighted by Gasteiger charge is 2.10. The summed E-state index contributed by atoms with van der Waals surface area (Å²) in [6, 6.07) is 10.0. The summed E-state index contributed by atoms with van der Waals surface area (Å²) in [6.07, 6.45) is 2.40. The van der Waals surface area contributed by atoms with E-state index in [1.54, 1.807) is 37.4 Å². The van der Waals surface area contributed by atoms with Gasteiger partial charge in [-0.15, -0.1) is 0 Å². The van der Waals surface area contributed by atoms with Crippen molar-refractivity contribution in [3.63, 3.8) is 0 Å². The number of amides is 1. The Morgan fingerprint density at radius 3 is 2.72 bits per heavy atom. The van der Waals surface area contributed by atoms with E-state index in [1.165, 1.54) is 12.3 Å². The first-order chi connectivity index (χ1) is 12.0.